The summed E-state index contributed by atoms with van der Waals surface area (Å²) in [4.78, 5) is 21.8. The van der Waals surface area contributed by atoms with Gasteiger partial charge in [-0.05, 0) is 5.56 Å². The van der Waals surface area contributed by atoms with E-state index in [0.717, 1.165) is 5.69 Å². The van der Waals surface area contributed by atoms with Crippen LogP contribution in [-0.4, -0.2) is 4.89 Å². The topological polar surface area (TPSA) is 78.4 Å². The van der Waals surface area contributed by atoms with Crippen molar-refractivity contribution in [2.75, 3.05) is 0 Å². The highest BCUT2D eigenvalue weighted by atomic mass is 35.5. The number of rotatable bonds is 3. The van der Waals surface area contributed by atoms with Crippen molar-refractivity contribution in [1.29, 1.82) is 0 Å². The molecule has 24 heavy (non-hydrogen) atoms. The lowest BCUT2D eigenvalue weighted by Crippen LogP contribution is -3.00. The summed E-state index contributed by atoms with van der Waals surface area (Å²) in [7, 11) is -4.14. The number of hydrogen-bond donors (Lipinski definition) is 1. The van der Waals surface area contributed by atoms with Gasteiger partial charge >= 0.3 is 0 Å². The van der Waals surface area contributed by atoms with E-state index in [9.17, 15) is 9.46 Å². The maximum Gasteiger partial charge on any atom is 0.222 e. The monoisotopic (exact) mass is 364 g/mol. The largest absolute Gasteiger partial charge is 1.00 e. The van der Waals surface area contributed by atoms with E-state index in [2.05, 4.69) is 9.55 Å². The molecule has 0 aliphatic rings. The maximum absolute atomic E-state index is 10.4. The van der Waals surface area contributed by atoms with Gasteiger partial charge in [0.15, 0.2) is 24.8 Å². The van der Waals surface area contributed by atoms with Crippen LogP contribution < -0.4 is 26.9 Å². The van der Waals surface area contributed by atoms with Gasteiger partial charge in [-0.2, -0.15) is 4.57 Å². The van der Waals surface area contributed by atoms with E-state index in [1.54, 1.807) is 30.3 Å². The highest BCUT2D eigenvalue weighted by Gasteiger charge is 2.03. The molecule has 126 valence electrons. The Balaban J connectivity index is 0.000000232. The van der Waals surface area contributed by atoms with Gasteiger partial charge in [-0.3, -0.25) is 0 Å². The van der Waals surface area contributed by atoms with E-state index in [-0.39, 0.29) is 18.6 Å². The van der Waals surface area contributed by atoms with Crippen LogP contribution in [0.2, 0.25) is 0 Å². The van der Waals surface area contributed by atoms with Crippen LogP contribution in [0, 0.1) is 0 Å². The summed E-state index contributed by atoms with van der Waals surface area (Å²) in [6.45, 7) is 0. The predicted octanol–water partition coefficient (Wildman–Crippen LogP) is -1.49. The zero-order chi connectivity index (χ0) is 16.5. The molecule has 0 aliphatic heterocycles. The second-order valence-corrected chi connectivity index (χ2v) is 6.41. The first kappa shape index (κ1) is 20.0. The molecule has 0 saturated carbocycles. The Morgan fingerprint density at radius 1 is 0.958 bits per heavy atom. The van der Waals surface area contributed by atoms with Gasteiger partial charge in [0.25, 0.3) is 0 Å². The van der Waals surface area contributed by atoms with Crippen LogP contribution in [0.5, 0.6) is 0 Å². The number of benzene rings is 1. The number of nitrogens with zero attached hydrogens (tertiary/aromatic N) is 1. The van der Waals surface area contributed by atoms with E-state index in [0.29, 0.717) is 5.56 Å². The van der Waals surface area contributed by atoms with Crippen molar-refractivity contribution in [3.05, 3.63) is 91.0 Å². The fraction of sp³-hybridized carbons (Fsp3) is 0.0588. The summed E-state index contributed by atoms with van der Waals surface area (Å²) in [6, 6.07) is 18.6. The molecule has 0 radical (unpaired) electrons. The highest BCUT2D eigenvalue weighted by molar-refractivity contribution is 7.49. The van der Waals surface area contributed by atoms with Crippen molar-refractivity contribution < 1.29 is 36.3 Å². The molecule has 1 aromatic carbocycles. The fourth-order valence-corrected chi connectivity index (χ4v) is 2.61. The minimum atomic E-state index is -4.14. The molecular weight excluding hydrogens is 347 g/mol. The molecule has 2 heterocycles. The van der Waals surface area contributed by atoms with Gasteiger partial charge in [0, 0.05) is 18.3 Å². The third-order valence-electron chi connectivity index (χ3n) is 2.94. The zero-order valence-corrected chi connectivity index (χ0v) is 14.5. The molecule has 3 aromatic rings. The molecule has 3 rings (SSSR count). The first-order chi connectivity index (χ1) is 11.0. The minimum absolute atomic E-state index is 0. The maximum atomic E-state index is 10.4. The molecule has 0 aliphatic carbocycles. The van der Waals surface area contributed by atoms with Gasteiger partial charge < -0.3 is 26.8 Å². The van der Waals surface area contributed by atoms with Crippen molar-refractivity contribution >= 4 is 7.60 Å². The van der Waals surface area contributed by atoms with Crippen molar-refractivity contribution in [2.45, 2.75) is 6.16 Å². The first-order valence-corrected chi connectivity index (χ1v) is 8.80. The van der Waals surface area contributed by atoms with Gasteiger partial charge in [0.2, 0.25) is 5.69 Å². The van der Waals surface area contributed by atoms with Gasteiger partial charge in [-0.25, -0.2) is 4.98 Å². The summed E-state index contributed by atoms with van der Waals surface area (Å²) in [5, 5.41) is 0. The van der Waals surface area contributed by atoms with E-state index >= 15 is 0 Å². The van der Waals surface area contributed by atoms with Crippen LogP contribution >= 0.6 is 7.60 Å². The third kappa shape index (κ3) is 7.49. The normalized spacial score (nSPS) is 12.1. The molecule has 0 spiro atoms. The Hall–Kier alpha value is -2.04. The van der Waals surface area contributed by atoms with Crippen LogP contribution in [0.1, 0.15) is 5.56 Å². The van der Waals surface area contributed by atoms with E-state index in [1.165, 1.54) is 0 Å². The summed E-state index contributed by atoms with van der Waals surface area (Å²) in [5.74, 6) is 0. The molecule has 2 N–H and O–H groups in total. The average molecular weight is 365 g/mol. The number of pyridine rings is 2. The number of hydrogen-bond acceptors (Lipinski definition) is 2. The molecule has 7 heteroatoms. The number of H-pyrrole nitrogens is 1. The second kappa shape index (κ2) is 9.96. The van der Waals surface area contributed by atoms with Crippen molar-refractivity contribution in [3.8, 4) is 5.69 Å². The Morgan fingerprint density at radius 3 is 2.04 bits per heavy atom. The summed E-state index contributed by atoms with van der Waals surface area (Å²) in [6.07, 6.45) is 7.59. The number of aromatic amines is 1. The third-order valence-corrected chi connectivity index (χ3v) is 3.70. The van der Waals surface area contributed by atoms with Gasteiger partial charge in [0.05, 0.1) is 12.1 Å². The number of aromatic nitrogens is 2. The predicted molar refractivity (Wildman–Crippen MR) is 84.5 cm³/mol. The minimum Gasteiger partial charge on any atom is -1.00 e. The number of nitrogens with one attached hydrogen (secondary N) is 1. The Bertz CT molecular complexity index is 715. The standard InChI is InChI=1S/C10H9N2.C7H9O3P.ClH/c1-2-8-12(9-3-1)10-4-6-11-7-5-10;8-11(9,10)6-7-4-2-1-3-5-7;/h1-9H;1-5H,6H2,(H2,8,9,10);1H/q+1;;/p-1. The van der Waals surface area contributed by atoms with Crippen molar-refractivity contribution in [3.63, 3.8) is 0 Å². The highest BCUT2D eigenvalue weighted by Crippen LogP contribution is 2.33. The zero-order valence-electron chi connectivity index (χ0n) is 12.8. The van der Waals surface area contributed by atoms with Crippen molar-refractivity contribution in [2.24, 2.45) is 0 Å². The Labute approximate surface area is 147 Å². The van der Waals surface area contributed by atoms with E-state index < -0.39 is 7.60 Å². The average Bonchev–Trinajstić information content (AvgIpc) is 2.56. The van der Waals surface area contributed by atoms with Gasteiger partial charge in [-0.1, -0.05) is 36.4 Å². The lowest BCUT2D eigenvalue weighted by molar-refractivity contribution is -0.596. The quantitative estimate of drug-likeness (QED) is 0.454. The van der Waals surface area contributed by atoms with Crippen LogP contribution in [-0.2, 0) is 10.7 Å². The lowest BCUT2D eigenvalue weighted by atomic mass is 10.2. The molecule has 1 unspecified atom stereocenters. The molecule has 0 bridgehead atoms. The smallest absolute Gasteiger partial charge is 0.222 e. The molecule has 2 aromatic heterocycles. The van der Waals surface area contributed by atoms with Crippen LogP contribution in [0.4, 0.5) is 0 Å². The molecule has 0 amide bonds. The molecular formula is C17H18ClN2O3P. The summed E-state index contributed by atoms with van der Waals surface area (Å²) in [5.41, 5.74) is 1.77. The van der Waals surface area contributed by atoms with Gasteiger partial charge in [0.1, 0.15) is 7.60 Å². The summed E-state index contributed by atoms with van der Waals surface area (Å²) >= 11 is 0. The van der Waals surface area contributed by atoms with Crippen LogP contribution in [0.3, 0.4) is 0 Å². The van der Waals surface area contributed by atoms with Crippen molar-refractivity contribution in [1.82, 2.24) is 0 Å². The Kier molecular flexibility index (Phi) is 8.30. The lowest BCUT2D eigenvalue weighted by Gasteiger charge is -2.14. The van der Waals surface area contributed by atoms with E-state index in [4.69, 9.17) is 4.89 Å². The van der Waals surface area contributed by atoms with Crippen LogP contribution in [0.25, 0.3) is 5.69 Å². The second-order valence-electron chi connectivity index (χ2n) is 4.82. The molecule has 1 atom stereocenters. The van der Waals surface area contributed by atoms with Crippen LogP contribution in [0.15, 0.2) is 85.5 Å². The molecule has 0 saturated heterocycles. The number of halogens is 1. The molecule has 0 fully saturated rings. The molecule has 5 nitrogen and oxygen atoms in total. The fourth-order valence-electron chi connectivity index (χ4n) is 1.94. The SMILES string of the molecule is O=P([O-])(O)Cc1ccccc1.[Cl-].c1cc[n+](-c2cc[nH+]cc2)cc1. The van der Waals surface area contributed by atoms with E-state index in [1.807, 2.05) is 55.1 Å². The first-order valence-electron chi connectivity index (χ1n) is 7.04. The Morgan fingerprint density at radius 2 is 1.50 bits per heavy atom. The van der Waals surface area contributed by atoms with Gasteiger partial charge in [-0.15, -0.1) is 0 Å². The summed E-state index contributed by atoms with van der Waals surface area (Å²) < 4.78 is 12.4.